The Kier molecular flexibility index (Phi) is 5.80. The molecule has 102 valence electrons. The van der Waals surface area contributed by atoms with Crippen molar-refractivity contribution >= 4 is 5.91 Å². The van der Waals surface area contributed by atoms with E-state index in [4.69, 9.17) is 10.5 Å². The molecule has 1 heterocycles. The summed E-state index contributed by atoms with van der Waals surface area (Å²) in [5.74, 6) is -0.135. The molecule has 0 aliphatic rings. The number of amides is 1. The van der Waals surface area contributed by atoms with Crippen LogP contribution in [0.1, 0.15) is 29.5 Å². The molecular weight excluding hydrogens is 232 g/mol. The molecule has 6 nitrogen and oxygen atoms in total. The van der Waals surface area contributed by atoms with E-state index >= 15 is 0 Å². The first-order chi connectivity index (χ1) is 8.62. The van der Waals surface area contributed by atoms with E-state index in [0.717, 1.165) is 5.69 Å². The molecule has 0 saturated heterocycles. The van der Waals surface area contributed by atoms with E-state index in [1.165, 1.54) is 0 Å². The summed E-state index contributed by atoms with van der Waals surface area (Å²) in [6.07, 6.45) is 0.706. The number of methoxy groups -OCH3 is 1. The average Bonchev–Trinajstić information content (AvgIpc) is 2.75. The molecule has 1 atom stereocenters. The van der Waals surface area contributed by atoms with Crippen LogP contribution in [0, 0.1) is 6.92 Å². The van der Waals surface area contributed by atoms with Crippen LogP contribution < -0.4 is 11.1 Å². The Morgan fingerprint density at radius 3 is 2.94 bits per heavy atom. The van der Waals surface area contributed by atoms with E-state index in [2.05, 4.69) is 10.4 Å². The van der Waals surface area contributed by atoms with Gasteiger partial charge in [-0.05, 0) is 26.3 Å². The summed E-state index contributed by atoms with van der Waals surface area (Å²) in [7, 11) is 1.63. The van der Waals surface area contributed by atoms with Gasteiger partial charge in [0.1, 0.15) is 5.69 Å². The predicted octanol–water partition coefficient (Wildman–Crippen LogP) is 0.305. The lowest BCUT2D eigenvalue weighted by atomic mass is 10.2. The third-order valence-electron chi connectivity index (χ3n) is 2.72. The number of hydrogen-bond donors (Lipinski definition) is 2. The van der Waals surface area contributed by atoms with Crippen molar-refractivity contribution in [1.29, 1.82) is 0 Å². The Morgan fingerprint density at radius 1 is 1.67 bits per heavy atom. The minimum absolute atomic E-state index is 0.0713. The monoisotopic (exact) mass is 254 g/mol. The van der Waals surface area contributed by atoms with Crippen LogP contribution in [0.25, 0.3) is 0 Å². The Hall–Kier alpha value is -1.40. The van der Waals surface area contributed by atoms with Crippen LogP contribution in [0.15, 0.2) is 6.07 Å². The minimum Gasteiger partial charge on any atom is -0.385 e. The maximum Gasteiger partial charge on any atom is 0.269 e. The van der Waals surface area contributed by atoms with Crippen molar-refractivity contribution in [3.8, 4) is 0 Å². The summed E-state index contributed by atoms with van der Waals surface area (Å²) in [5.41, 5.74) is 7.03. The summed E-state index contributed by atoms with van der Waals surface area (Å²) in [4.78, 5) is 12.1. The van der Waals surface area contributed by atoms with Crippen LogP contribution in [0.5, 0.6) is 0 Å². The average molecular weight is 254 g/mol. The van der Waals surface area contributed by atoms with E-state index in [1.807, 2.05) is 13.8 Å². The first-order valence-electron chi connectivity index (χ1n) is 6.16. The molecule has 1 amide bonds. The molecule has 0 aliphatic carbocycles. The van der Waals surface area contributed by atoms with Gasteiger partial charge in [0, 0.05) is 32.8 Å². The van der Waals surface area contributed by atoms with Crippen LogP contribution in [0.2, 0.25) is 0 Å². The largest absolute Gasteiger partial charge is 0.385 e. The van der Waals surface area contributed by atoms with E-state index in [1.54, 1.807) is 17.9 Å². The molecule has 3 N–H and O–H groups in total. The number of rotatable bonds is 7. The molecule has 1 rings (SSSR count). The smallest absolute Gasteiger partial charge is 0.269 e. The van der Waals surface area contributed by atoms with Crippen molar-refractivity contribution in [2.75, 3.05) is 20.3 Å². The molecule has 18 heavy (non-hydrogen) atoms. The maximum atomic E-state index is 12.1. The summed E-state index contributed by atoms with van der Waals surface area (Å²) in [6.45, 7) is 5.47. The lowest BCUT2D eigenvalue weighted by Crippen LogP contribution is -2.41. The van der Waals surface area contributed by atoms with Crippen molar-refractivity contribution in [2.24, 2.45) is 5.73 Å². The van der Waals surface area contributed by atoms with E-state index in [9.17, 15) is 4.79 Å². The Morgan fingerprint density at radius 2 is 2.39 bits per heavy atom. The zero-order valence-electron chi connectivity index (χ0n) is 11.3. The van der Waals surface area contributed by atoms with Crippen LogP contribution in [0.4, 0.5) is 0 Å². The number of aromatic nitrogens is 2. The highest BCUT2D eigenvalue weighted by atomic mass is 16.5. The van der Waals surface area contributed by atoms with E-state index < -0.39 is 0 Å². The molecule has 0 spiro atoms. The SMILES string of the molecule is CCn1nc(C)cc1C(=O)NC(CN)CCOC. The zero-order chi connectivity index (χ0) is 13.5. The van der Waals surface area contributed by atoms with Crippen molar-refractivity contribution in [3.63, 3.8) is 0 Å². The number of carbonyl (C=O) groups is 1. The van der Waals surface area contributed by atoms with Gasteiger partial charge in [0.25, 0.3) is 5.91 Å². The van der Waals surface area contributed by atoms with E-state index in [-0.39, 0.29) is 11.9 Å². The number of aryl methyl sites for hydroxylation is 2. The fraction of sp³-hybridized carbons (Fsp3) is 0.667. The first-order valence-corrected chi connectivity index (χ1v) is 6.16. The molecule has 0 fully saturated rings. The Balaban J connectivity index is 2.68. The normalized spacial score (nSPS) is 12.4. The molecule has 1 aromatic rings. The lowest BCUT2D eigenvalue weighted by Gasteiger charge is -2.16. The number of nitrogens with two attached hydrogens (primary N) is 1. The third-order valence-corrected chi connectivity index (χ3v) is 2.72. The maximum absolute atomic E-state index is 12.1. The lowest BCUT2D eigenvalue weighted by molar-refractivity contribution is 0.0916. The van der Waals surface area contributed by atoms with Gasteiger partial charge >= 0.3 is 0 Å². The van der Waals surface area contributed by atoms with Gasteiger partial charge in [-0.3, -0.25) is 9.48 Å². The van der Waals surface area contributed by atoms with Gasteiger partial charge in [-0.15, -0.1) is 0 Å². The Bertz CT molecular complexity index is 389. The van der Waals surface area contributed by atoms with Gasteiger partial charge in [-0.25, -0.2) is 0 Å². The molecule has 6 heteroatoms. The van der Waals surface area contributed by atoms with Gasteiger partial charge in [-0.1, -0.05) is 0 Å². The molecule has 0 aliphatic heterocycles. The number of nitrogens with zero attached hydrogens (tertiary/aromatic N) is 2. The van der Waals surface area contributed by atoms with Gasteiger partial charge in [0.05, 0.1) is 5.69 Å². The second kappa shape index (κ2) is 7.13. The first kappa shape index (κ1) is 14.7. The number of ether oxygens (including phenoxy) is 1. The quantitative estimate of drug-likeness (QED) is 0.733. The second-order valence-corrected chi connectivity index (χ2v) is 4.17. The highest BCUT2D eigenvalue weighted by molar-refractivity contribution is 5.92. The highest BCUT2D eigenvalue weighted by Gasteiger charge is 2.16. The molecule has 0 aromatic carbocycles. The summed E-state index contributed by atoms with van der Waals surface area (Å²) in [5, 5.41) is 7.15. The third kappa shape index (κ3) is 3.82. The fourth-order valence-electron chi connectivity index (χ4n) is 1.74. The number of nitrogens with one attached hydrogen (secondary N) is 1. The number of hydrogen-bond acceptors (Lipinski definition) is 4. The van der Waals surface area contributed by atoms with Gasteiger partial charge < -0.3 is 15.8 Å². The van der Waals surface area contributed by atoms with Crippen LogP contribution >= 0.6 is 0 Å². The summed E-state index contributed by atoms with van der Waals surface area (Å²) in [6, 6.07) is 1.71. The highest BCUT2D eigenvalue weighted by Crippen LogP contribution is 2.04. The van der Waals surface area contributed by atoms with Gasteiger partial charge in [0.2, 0.25) is 0 Å². The fourth-order valence-corrected chi connectivity index (χ4v) is 1.74. The molecule has 1 unspecified atom stereocenters. The molecule has 0 saturated carbocycles. The van der Waals surface area contributed by atoms with Crippen LogP contribution in [0.3, 0.4) is 0 Å². The molecule has 0 bridgehead atoms. The van der Waals surface area contributed by atoms with E-state index in [0.29, 0.717) is 31.8 Å². The van der Waals surface area contributed by atoms with Gasteiger partial charge in [-0.2, -0.15) is 5.10 Å². The van der Waals surface area contributed by atoms with Crippen LogP contribution in [-0.2, 0) is 11.3 Å². The molecule has 0 radical (unpaired) electrons. The Labute approximate surface area is 107 Å². The topological polar surface area (TPSA) is 82.2 Å². The zero-order valence-corrected chi connectivity index (χ0v) is 11.3. The molecular formula is C12H22N4O2. The predicted molar refractivity (Wildman–Crippen MR) is 69.4 cm³/mol. The van der Waals surface area contributed by atoms with Crippen molar-refractivity contribution < 1.29 is 9.53 Å². The van der Waals surface area contributed by atoms with Crippen LogP contribution in [-0.4, -0.2) is 42.0 Å². The van der Waals surface area contributed by atoms with Crippen molar-refractivity contribution in [2.45, 2.75) is 32.9 Å². The second-order valence-electron chi connectivity index (χ2n) is 4.17. The summed E-state index contributed by atoms with van der Waals surface area (Å²) < 4.78 is 6.68. The van der Waals surface area contributed by atoms with Gasteiger partial charge in [0.15, 0.2) is 0 Å². The minimum atomic E-state index is -0.135. The summed E-state index contributed by atoms with van der Waals surface area (Å²) >= 11 is 0. The molecule has 1 aromatic heterocycles. The number of carbonyl (C=O) groups excluding carboxylic acids is 1. The standard InChI is InChI=1S/C12H22N4O2/c1-4-16-11(7-9(2)15-16)12(17)14-10(8-13)5-6-18-3/h7,10H,4-6,8,13H2,1-3H3,(H,14,17). The van der Waals surface area contributed by atoms with Crippen molar-refractivity contribution in [3.05, 3.63) is 17.5 Å². The van der Waals surface area contributed by atoms with Crippen molar-refractivity contribution in [1.82, 2.24) is 15.1 Å².